The van der Waals surface area contributed by atoms with E-state index in [9.17, 15) is 9.59 Å². The summed E-state index contributed by atoms with van der Waals surface area (Å²) >= 11 is 0. The number of hydrogen-bond donors (Lipinski definition) is 3. The number of carboxylic acid groups (broad SMARTS) is 1. The normalized spacial score (nSPS) is 14.4. The highest BCUT2D eigenvalue weighted by molar-refractivity contribution is 5.83. The number of anilines is 1. The number of amides is 1. The number of nitrogens with one attached hydrogen (secondary N) is 2. The molecule has 1 atom stereocenters. The van der Waals surface area contributed by atoms with E-state index in [1.54, 1.807) is 27.4 Å². The zero-order valence-electron chi connectivity index (χ0n) is 20.6. The molecule has 0 saturated heterocycles. The van der Waals surface area contributed by atoms with Gasteiger partial charge in [-0.2, -0.15) is 4.68 Å². The van der Waals surface area contributed by atoms with E-state index >= 15 is 0 Å². The van der Waals surface area contributed by atoms with Crippen molar-refractivity contribution in [3.8, 4) is 28.2 Å². The van der Waals surface area contributed by atoms with Gasteiger partial charge < -0.3 is 10.1 Å². The summed E-state index contributed by atoms with van der Waals surface area (Å²) in [4.78, 5) is 37.3. The Kier molecular flexibility index (Phi) is 5.56. The molecule has 2 aromatic carbocycles. The quantitative estimate of drug-likeness (QED) is 0.325. The Morgan fingerprint density at radius 2 is 1.92 bits per heavy atom. The SMILES string of the molecule is Cc1ccc(-n2cnnn2)c(-c2cc(=O)n3c(n2)CC[C@H]3c2nc(C)c(-c3ccc(NC(=O)O)cc3)[nH]2)c1. The van der Waals surface area contributed by atoms with Crippen molar-refractivity contribution in [3.63, 3.8) is 0 Å². The number of fused-ring (bicyclic) bond motifs is 1. The molecule has 6 rings (SSSR count). The molecule has 1 aliphatic rings. The number of rotatable bonds is 5. The van der Waals surface area contributed by atoms with Crippen LogP contribution in [0.15, 0.2) is 59.7 Å². The topological polar surface area (TPSA) is 156 Å². The summed E-state index contributed by atoms with van der Waals surface area (Å²) in [7, 11) is 0. The smallest absolute Gasteiger partial charge is 0.409 e. The first kappa shape index (κ1) is 23.3. The number of aromatic nitrogens is 8. The van der Waals surface area contributed by atoms with Gasteiger partial charge in [-0.1, -0.05) is 23.8 Å². The lowest BCUT2D eigenvalue weighted by Gasteiger charge is -2.14. The van der Waals surface area contributed by atoms with Gasteiger partial charge in [0.15, 0.2) is 0 Å². The minimum Gasteiger partial charge on any atom is -0.465 e. The first-order valence-corrected chi connectivity index (χ1v) is 12.0. The summed E-state index contributed by atoms with van der Waals surface area (Å²) in [6.07, 6.45) is 1.71. The molecule has 1 aliphatic heterocycles. The Labute approximate surface area is 216 Å². The van der Waals surface area contributed by atoms with Crippen molar-refractivity contribution in [3.05, 3.63) is 88.1 Å². The fourth-order valence-corrected chi connectivity index (χ4v) is 4.93. The van der Waals surface area contributed by atoms with Gasteiger partial charge >= 0.3 is 6.09 Å². The highest BCUT2D eigenvalue weighted by Crippen LogP contribution is 2.33. The minimum atomic E-state index is -1.12. The lowest BCUT2D eigenvalue weighted by molar-refractivity contribution is 0.209. The Hall–Kier alpha value is -5.13. The van der Waals surface area contributed by atoms with E-state index in [0.717, 1.165) is 33.8 Å². The van der Waals surface area contributed by atoms with E-state index in [4.69, 9.17) is 15.1 Å². The summed E-state index contributed by atoms with van der Waals surface area (Å²) in [5.41, 5.74) is 5.91. The summed E-state index contributed by atoms with van der Waals surface area (Å²) in [6, 6.07) is 14.2. The van der Waals surface area contributed by atoms with Crippen molar-refractivity contribution in [1.82, 2.24) is 39.7 Å². The second-order valence-corrected chi connectivity index (χ2v) is 9.19. The maximum Gasteiger partial charge on any atom is 0.409 e. The van der Waals surface area contributed by atoms with E-state index in [0.29, 0.717) is 35.9 Å². The molecule has 3 aromatic heterocycles. The van der Waals surface area contributed by atoms with Crippen LogP contribution < -0.4 is 10.9 Å². The number of carbonyl (C=O) groups is 1. The Morgan fingerprint density at radius 1 is 1.11 bits per heavy atom. The molecule has 0 aliphatic carbocycles. The number of hydrogen-bond acceptors (Lipinski definition) is 7. The maximum atomic E-state index is 13.4. The van der Waals surface area contributed by atoms with Gasteiger partial charge in [-0.3, -0.25) is 14.7 Å². The average molecular weight is 510 g/mol. The predicted octanol–water partition coefficient (Wildman–Crippen LogP) is 3.52. The molecule has 12 heteroatoms. The molecule has 0 fully saturated rings. The van der Waals surface area contributed by atoms with Gasteiger partial charge in [-0.25, -0.2) is 14.8 Å². The molecule has 190 valence electrons. The van der Waals surface area contributed by atoms with E-state index in [-0.39, 0.29) is 11.6 Å². The average Bonchev–Trinajstić information content (AvgIpc) is 3.64. The van der Waals surface area contributed by atoms with Crippen molar-refractivity contribution in [2.24, 2.45) is 0 Å². The molecule has 0 radical (unpaired) electrons. The number of H-pyrrole nitrogens is 1. The van der Waals surface area contributed by atoms with Crippen LogP contribution in [0.5, 0.6) is 0 Å². The summed E-state index contributed by atoms with van der Waals surface area (Å²) in [5, 5.41) is 22.7. The molecule has 12 nitrogen and oxygen atoms in total. The molecule has 0 bridgehead atoms. The van der Waals surface area contributed by atoms with Crippen LogP contribution in [0.25, 0.3) is 28.2 Å². The zero-order chi connectivity index (χ0) is 26.4. The lowest BCUT2D eigenvalue weighted by Crippen LogP contribution is -2.25. The van der Waals surface area contributed by atoms with Crippen molar-refractivity contribution in [1.29, 1.82) is 0 Å². The van der Waals surface area contributed by atoms with Crippen LogP contribution in [-0.4, -0.2) is 50.9 Å². The third-order valence-electron chi connectivity index (χ3n) is 6.65. The van der Waals surface area contributed by atoms with Crippen molar-refractivity contribution in [2.75, 3.05) is 5.32 Å². The standard InChI is InChI=1S/C26H23N9O3/c1-14-3-8-20(34-13-27-32-33-34)18(11-14)19-12-23(36)35-21(9-10-22(35)30-19)25-28-15(2)24(31-25)16-4-6-17(7-5-16)29-26(37)38/h3-8,11-13,21,29H,9-10H2,1-2H3,(H,28,31)(H,37,38)/t21-/m0/s1. The van der Waals surface area contributed by atoms with Crippen LogP contribution in [-0.2, 0) is 6.42 Å². The third-order valence-corrected chi connectivity index (χ3v) is 6.65. The molecule has 0 unspecified atom stereocenters. The third kappa shape index (κ3) is 4.11. The van der Waals surface area contributed by atoms with Crippen molar-refractivity contribution in [2.45, 2.75) is 32.7 Å². The van der Waals surface area contributed by atoms with E-state index in [1.165, 1.54) is 6.33 Å². The Bertz CT molecular complexity index is 1720. The molecular formula is C26H23N9O3. The van der Waals surface area contributed by atoms with E-state index in [2.05, 4.69) is 25.8 Å². The van der Waals surface area contributed by atoms with Gasteiger partial charge in [0.25, 0.3) is 5.56 Å². The van der Waals surface area contributed by atoms with Gasteiger partial charge in [0.2, 0.25) is 0 Å². The Morgan fingerprint density at radius 3 is 2.66 bits per heavy atom. The van der Waals surface area contributed by atoms with Crippen molar-refractivity contribution < 1.29 is 9.90 Å². The van der Waals surface area contributed by atoms with Gasteiger partial charge in [-0.05, 0) is 60.5 Å². The van der Waals surface area contributed by atoms with Crippen LogP contribution >= 0.6 is 0 Å². The predicted molar refractivity (Wildman–Crippen MR) is 138 cm³/mol. The van der Waals surface area contributed by atoms with Crippen LogP contribution in [0.1, 0.15) is 35.4 Å². The van der Waals surface area contributed by atoms with Gasteiger partial charge in [-0.15, -0.1) is 5.10 Å². The van der Waals surface area contributed by atoms with E-state index in [1.807, 2.05) is 44.2 Å². The molecule has 1 amide bonds. The second-order valence-electron chi connectivity index (χ2n) is 9.19. The second kappa shape index (κ2) is 9.07. The molecular weight excluding hydrogens is 486 g/mol. The highest BCUT2D eigenvalue weighted by Gasteiger charge is 2.30. The van der Waals surface area contributed by atoms with Gasteiger partial charge in [0.1, 0.15) is 18.0 Å². The monoisotopic (exact) mass is 509 g/mol. The largest absolute Gasteiger partial charge is 0.465 e. The molecule has 0 saturated carbocycles. The number of benzene rings is 2. The van der Waals surface area contributed by atoms with Crippen LogP contribution in [0.4, 0.5) is 10.5 Å². The van der Waals surface area contributed by atoms with Crippen LogP contribution in [0, 0.1) is 13.8 Å². The lowest BCUT2D eigenvalue weighted by atomic mass is 10.1. The molecule has 38 heavy (non-hydrogen) atoms. The zero-order valence-corrected chi connectivity index (χ0v) is 20.6. The molecule has 3 N–H and O–H groups in total. The van der Waals surface area contributed by atoms with Gasteiger partial charge in [0.05, 0.1) is 28.8 Å². The first-order valence-electron chi connectivity index (χ1n) is 12.0. The number of aromatic amines is 1. The highest BCUT2D eigenvalue weighted by atomic mass is 16.4. The number of imidazole rings is 1. The molecule has 5 aromatic rings. The van der Waals surface area contributed by atoms with Crippen molar-refractivity contribution >= 4 is 11.8 Å². The van der Waals surface area contributed by atoms with E-state index < -0.39 is 6.09 Å². The fraction of sp³-hybridized carbons (Fsp3) is 0.192. The molecule has 0 spiro atoms. The number of tetrazole rings is 1. The fourth-order valence-electron chi connectivity index (χ4n) is 4.93. The first-order chi connectivity index (χ1) is 18.4. The number of aryl methyl sites for hydroxylation is 3. The van der Waals surface area contributed by atoms with Gasteiger partial charge in [0, 0.05) is 23.7 Å². The van der Waals surface area contributed by atoms with Crippen LogP contribution in [0.2, 0.25) is 0 Å². The molecule has 4 heterocycles. The summed E-state index contributed by atoms with van der Waals surface area (Å²) in [6.45, 7) is 3.88. The minimum absolute atomic E-state index is 0.156. The maximum absolute atomic E-state index is 13.4. The number of nitrogens with zero attached hydrogens (tertiary/aromatic N) is 7. The Balaban J connectivity index is 1.35. The van der Waals surface area contributed by atoms with Crippen LogP contribution in [0.3, 0.4) is 0 Å². The summed E-state index contributed by atoms with van der Waals surface area (Å²) in [5.74, 6) is 1.38. The summed E-state index contributed by atoms with van der Waals surface area (Å²) < 4.78 is 3.26.